The third-order valence-electron chi connectivity index (χ3n) is 5.10. The number of carbonyl (C=O) groups excluding carboxylic acids is 3. The number of carbonyl (C=O) groups is 3. The summed E-state index contributed by atoms with van der Waals surface area (Å²) in [5, 5.41) is 10.3. The molecule has 0 radical (unpaired) electrons. The first-order chi connectivity index (χ1) is 16.1. The highest BCUT2D eigenvalue weighted by atomic mass is 16.3. The maximum Gasteiger partial charge on any atom is 0.291 e. The lowest BCUT2D eigenvalue weighted by atomic mass is 10.0. The number of hydrogen-bond donors (Lipinski definition) is 3. The van der Waals surface area contributed by atoms with Crippen LogP contribution in [0.1, 0.15) is 21.7 Å². The zero-order valence-electron chi connectivity index (χ0n) is 17.8. The number of amides is 3. The number of fused-ring (bicyclic) bond motifs is 1. The van der Waals surface area contributed by atoms with Gasteiger partial charge in [0.2, 0.25) is 11.8 Å². The Labute approximate surface area is 190 Å². The van der Waals surface area contributed by atoms with E-state index in [0.717, 1.165) is 21.9 Å². The summed E-state index contributed by atoms with van der Waals surface area (Å²) in [6, 6.07) is 24.1. The lowest BCUT2D eigenvalue weighted by Crippen LogP contribution is -2.37. The van der Waals surface area contributed by atoms with Crippen molar-refractivity contribution in [2.24, 2.45) is 0 Å². The van der Waals surface area contributed by atoms with Crippen molar-refractivity contribution in [1.29, 1.82) is 0 Å². The van der Waals surface area contributed by atoms with E-state index in [9.17, 15) is 14.4 Å². The summed E-state index contributed by atoms with van der Waals surface area (Å²) >= 11 is 0. The molecule has 3 aromatic carbocycles. The van der Waals surface area contributed by atoms with Crippen molar-refractivity contribution in [2.75, 3.05) is 11.9 Å². The highest BCUT2D eigenvalue weighted by Gasteiger charge is 2.10. The summed E-state index contributed by atoms with van der Waals surface area (Å²) in [5.74, 6) is -0.654. The molecule has 0 spiro atoms. The lowest BCUT2D eigenvalue weighted by molar-refractivity contribution is -0.125. The van der Waals surface area contributed by atoms with Crippen molar-refractivity contribution >= 4 is 34.2 Å². The molecule has 0 bridgehead atoms. The minimum atomic E-state index is -0.352. The Hall–Kier alpha value is -4.39. The molecule has 0 aliphatic rings. The average molecular weight is 441 g/mol. The summed E-state index contributed by atoms with van der Waals surface area (Å²) in [6.45, 7) is 0.154. The van der Waals surface area contributed by atoms with E-state index in [4.69, 9.17) is 4.42 Å². The van der Waals surface area contributed by atoms with E-state index >= 15 is 0 Å². The maximum atomic E-state index is 12.3. The third kappa shape index (κ3) is 5.86. The van der Waals surface area contributed by atoms with E-state index in [1.165, 1.54) is 6.26 Å². The molecule has 0 fully saturated rings. The fourth-order valence-electron chi connectivity index (χ4n) is 3.48. The number of furan rings is 1. The van der Waals surface area contributed by atoms with Crippen LogP contribution < -0.4 is 16.0 Å². The van der Waals surface area contributed by atoms with E-state index < -0.39 is 0 Å². The molecule has 0 aliphatic heterocycles. The van der Waals surface area contributed by atoms with Gasteiger partial charge in [-0.1, -0.05) is 54.6 Å². The number of rotatable bonds is 8. The predicted octanol–water partition coefficient (Wildman–Crippen LogP) is 3.66. The topological polar surface area (TPSA) is 100 Å². The quantitative estimate of drug-likeness (QED) is 0.388. The van der Waals surface area contributed by atoms with Crippen LogP contribution in [0.25, 0.3) is 10.8 Å². The van der Waals surface area contributed by atoms with Crippen LogP contribution in [-0.2, 0) is 22.6 Å². The molecule has 166 valence electrons. The molecule has 0 aliphatic carbocycles. The Bertz CT molecular complexity index is 1280. The summed E-state index contributed by atoms with van der Waals surface area (Å²) in [4.78, 5) is 36.6. The average Bonchev–Trinajstić information content (AvgIpc) is 3.37. The van der Waals surface area contributed by atoms with Gasteiger partial charge in [-0.05, 0) is 46.2 Å². The molecule has 0 atom stereocenters. The molecule has 0 saturated heterocycles. The maximum absolute atomic E-state index is 12.3. The molecule has 0 saturated carbocycles. The molecular formula is C26H23N3O4. The third-order valence-corrected chi connectivity index (χ3v) is 5.10. The van der Waals surface area contributed by atoms with Gasteiger partial charge in [-0.25, -0.2) is 0 Å². The highest BCUT2D eigenvalue weighted by Crippen LogP contribution is 2.18. The molecule has 3 N–H and O–H groups in total. The van der Waals surface area contributed by atoms with Crippen LogP contribution in [0.3, 0.4) is 0 Å². The van der Waals surface area contributed by atoms with Gasteiger partial charge in [-0.2, -0.15) is 0 Å². The van der Waals surface area contributed by atoms with E-state index in [1.54, 1.807) is 30.3 Å². The first-order valence-corrected chi connectivity index (χ1v) is 10.5. The summed E-state index contributed by atoms with van der Waals surface area (Å²) in [7, 11) is 0. The minimum absolute atomic E-state index is 0.113. The Morgan fingerprint density at radius 2 is 1.61 bits per heavy atom. The Kier molecular flexibility index (Phi) is 6.80. The number of anilines is 1. The molecule has 33 heavy (non-hydrogen) atoms. The van der Waals surface area contributed by atoms with Gasteiger partial charge in [0.15, 0.2) is 5.76 Å². The molecule has 1 aromatic heterocycles. The van der Waals surface area contributed by atoms with E-state index in [0.29, 0.717) is 5.69 Å². The lowest BCUT2D eigenvalue weighted by Gasteiger charge is -2.10. The van der Waals surface area contributed by atoms with Gasteiger partial charge in [0, 0.05) is 12.2 Å². The fraction of sp³-hybridized carbons (Fsp3) is 0.115. The number of benzene rings is 3. The highest BCUT2D eigenvalue weighted by molar-refractivity contribution is 6.02. The summed E-state index contributed by atoms with van der Waals surface area (Å²) < 4.78 is 5.08. The van der Waals surface area contributed by atoms with Gasteiger partial charge in [0.25, 0.3) is 5.91 Å². The first kappa shape index (κ1) is 21.8. The molecule has 7 nitrogen and oxygen atoms in total. The van der Waals surface area contributed by atoms with Crippen molar-refractivity contribution in [2.45, 2.75) is 13.0 Å². The van der Waals surface area contributed by atoms with Crippen molar-refractivity contribution in [3.8, 4) is 0 Å². The number of hydrogen-bond acceptors (Lipinski definition) is 4. The van der Waals surface area contributed by atoms with Crippen molar-refractivity contribution in [1.82, 2.24) is 10.6 Å². The molecule has 0 unspecified atom stereocenters. The molecule has 3 amide bonds. The van der Waals surface area contributed by atoms with E-state index in [-0.39, 0.29) is 43.0 Å². The molecule has 4 aromatic rings. The van der Waals surface area contributed by atoms with Gasteiger partial charge in [0.1, 0.15) is 0 Å². The second kappa shape index (κ2) is 10.3. The van der Waals surface area contributed by atoms with Crippen LogP contribution in [0.5, 0.6) is 0 Å². The monoisotopic (exact) mass is 441 g/mol. The molecule has 4 rings (SSSR count). The van der Waals surface area contributed by atoms with Gasteiger partial charge in [-0.15, -0.1) is 0 Å². The Balaban J connectivity index is 1.25. The van der Waals surface area contributed by atoms with Crippen molar-refractivity contribution in [3.63, 3.8) is 0 Å². The zero-order valence-corrected chi connectivity index (χ0v) is 17.8. The normalized spacial score (nSPS) is 10.5. The second-order valence-corrected chi connectivity index (χ2v) is 7.50. The van der Waals surface area contributed by atoms with Crippen molar-refractivity contribution < 1.29 is 18.8 Å². The van der Waals surface area contributed by atoms with Crippen LogP contribution in [-0.4, -0.2) is 24.3 Å². The second-order valence-electron chi connectivity index (χ2n) is 7.50. The minimum Gasteiger partial charge on any atom is -0.459 e. The molecule has 1 heterocycles. The molecule has 7 heteroatoms. The van der Waals surface area contributed by atoms with Crippen LogP contribution in [0, 0.1) is 0 Å². The van der Waals surface area contributed by atoms with Gasteiger partial charge < -0.3 is 20.4 Å². The van der Waals surface area contributed by atoms with Crippen LogP contribution >= 0.6 is 0 Å². The standard InChI is InChI=1S/C26H23N3O4/c30-24(15-20-9-4-8-19-7-1-2-11-22(19)20)28-17-25(31)27-16-18-6-3-10-21(14-18)29-26(32)23-12-5-13-33-23/h1-14H,15-17H2,(H,27,31)(H,28,30)(H,29,32). The van der Waals surface area contributed by atoms with Gasteiger partial charge in [-0.3, -0.25) is 14.4 Å². The largest absolute Gasteiger partial charge is 0.459 e. The van der Waals surface area contributed by atoms with E-state index in [1.807, 2.05) is 48.5 Å². The van der Waals surface area contributed by atoms with E-state index in [2.05, 4.69) is 16.0 Å². The summed E-state index contributed by atoms with van der Waals surface area (Å²) in [5.41, 5.74) is 2.31. The Morgan fingerprint density at radius 3 is 2.45 bits per heavy atom. The van der Waals surface area contributed by atoms with Crippen molar-refractivity contribution in [3.05, 3.63) is 102 Å². The zero-order chi connectivity index (χ0) is 23.0. The SMILES string of the molecule is O=C(CNC(=O)Cc1cccc2ccccc12)NCc1cccc(NC(=O)c2ccco2)c1. The predicted molar refractivity (Wildman–Crippen MR) is 126 cm³/mol. The van der Waals surface area contributed by atoms with Gasteiger partial charge in [0.05, 0.1) is 19.2 Å². The van der Waals surface area contributed by atoms with Gasteiger partial charge >= 0.3 is 0 Å². The van der Waals surface area contributed by atoms with Crippen LogP contribution in [0.15, 0.2) is 89.5 Å². The smallest absolute Gasteiger partial charge is 0.291 e. The number of nitrogens with one attached hydrogen (secondary N) is 3. The Morgan fingerprint density at radius 1 is 0.788 bits per heavy atom. The first-order valence-electron chi connectivity index (χ1n) is 10.5. The van der Waals surface area contributed by atoms with Crippen LogP contribution in [0.2, 0.25) is 0 Å². The molecular weight excluding hydrogens is 418 g/mol. The fourth-order valence-corrected chi connectivity index (χ4v) is 3.48. The summed E-state index contributed by atoms with van der Waals surface area (Å²) in [6.07, 6.45) is 1.63. The van der Waals surface area contributed by atoms with Crippen LogP contribution in [0.4, 0.5) is 5.69 Å².